The second-order valence-electron chi connectivity index (χ2n) is 5.41. The highest BCUT2D eigenvalue weighted by Gasteiger charge is 2.37. The first-order chi connectivity index (χ1) is 11.2. The second kappa shape index (κ2) is 6.43. The van der Waals surface area contributed by atoms with Gasteiger partial charge in [-0.3, -0.25) is 4.68 Å². The van der Waals surface area contributed by atoms with E-state index in [-0.39, 0.29) is 23.2 Å². The molecule has 5 nitrogen and oxygen atoms in total. The van der Waals surface area contributed by atoms with Crippen molar-refractivity contribution in [3.05, 3.63) is 33.4 Å². The van der Waals surface area contributed by atoms with Crippen LogP contribution in [0.2, 0.25) is 0 Å². The SMILES string of the molecule is O=S(=O)(NCCn1nc(C(F)(F)F)cc1C1CC1)c1ccc(Br)s1. The first kappa shape index (κ1) is 17.9. The summed E-state index contributed by atoms with van der Waals surface area (Å²) in [5.74, 6) is 0.0819. The van der Waals surface area contributed by atoms with Crippen LogP contribution in [0.25, 0.3) is 0 Å². The molecular weight excluding hydrogens is 431 g/mol. The molecule has 3 rings (SSSR count). The van der Waals surface area contributed by atoms with Crippen molar-refractivity contribution in [3.8, 4) is 0 Å². The van der Waals surface area contributed by atoms with Crippen molar-refractivity contribution < 1.29 is 21.6 Å². The standard InChI is InChI=1S/C13H13BrF3N3O2S2/c14-11-3-4-12(23-11)24(21,22)18-5-6-20-9(8-1-2-8)7-10(19-20)13(15,16)17/h3-4,7-8,18H,1-2,5-6H2. The van der Waals surface area contributed by atoms with E-state index in [0.717, 1.165) is 30.2 Å². The van der Waals surface area contributed by atoms with Crippen LogP contribution in [0.4, 0.5) is 13.2 Å². The first-order valence-electron chi connectivity index (χ1n) is 7.07. The van der Waals surface area contributed by atoms with Crippen molar-refractivity contribution >= 4 is 37.3 Å². The lowest BCUT2D eigenvalue weighted by atomic mass is 10.2. The summed E-state index contributed by atoms with van der Waals surface area (Å²) in [6.45, 7) is 0.0181. The fraction of sp³-hybridized carbons (Fsp3) is 0.462. The average Bonchev–Trinajstić information content (AvgIpc) is 3.05. The maximum atomic E-state index is 12.8. The molecule has 0 amide bonds. The molecule has 0 bridgehead atoms. The third kappa shape index (κ3) is 4.01. The van der Waals surface area contributed by atoms with Crippen LogP contribution in [-0.2, 0) is 22.7 Å². The molecule has 2 aromatic heterocycles. The Morgan fingerprint density at radius 3 is 2.62 bits per heavy atom. The topological polar surface area (TPSA) is 64.0 Å². The molecule has 11 heteroatoms. The van der Waals surface area contributed by atoms with Crippen LogP contribution in [0.15, 0.2) is 26.2 Å². The van der Waals surface area contributed by atoms with Gasteiger partial charge >= 0.3 is 6.18 Å². The van der Waals surface area contributed by atoms with Gasteiger partial charge in [-0.25, -0.2) is 13.1 Å². The van der Waals surface area contributed by atoms with E-state index in [1.54, 1.807) is 6.07 Å². The molecule has 2 heterocycles. The summed E-state index contributed by atoms with van der Waals surface area (Å²) >= 11 is 4.25. The maximum absolute atomic E-state index is 12.8. The highest BCUT2D eigenvalue weighted by molar-refractivity contribution is 9.11. The number of nitrogens with zero attached hydrogens (tertiary/aromatic N) is 2. The van der Waals surface area contributed by atoms with Crippen molar-refractivity contribution in [2.45, 2.75) is 35.7 Å². The molecule has 1 aliphatic carbocycles. The average molecular weight is 444 g/mol. The number of thiophene rings is 1. The van der Waals surface area contributed by atoms with Crippen LogP contribution >= 0.6 is 27.3 Å². The second-order valence-corrected chi connectivity index (χ2v) is 9.86. The molecule has 1 saturated carbocycles. The van der Waals surface area contributed by atoms with Crippen molar-refractivity contribution in [1.82, 2.24) is 14.5 Å². The van der Waals surface area contributed by atoms with Gasteiger partial charge < -0.3 is 0 Å². The molecule has 132 valence electrons. The Bertz CT molecular complexity index is 841. The molecule has 0 unspecified atom stereocenters. The molecule has 0 aliphatic heterocycles. The summed E-state index contributed by atoms with van der Waals surface area (Å²) in [7, 11) is -3.67. The minimum Gasteiger partial charge on any atom is -0.267 e. The molecular formula is C13H13BrF3N3O2S2. The Morgan fingerprint density at radius 1 is 1.38 bits per heavy atom. The van der Waals surface area contributed by atoms with E-state index in [1.165, 1.54) is 10.7 Å². The van der Waals surface area contributed by atoms with Crippen molar-refractivity contribution in [2.24, 2.45) is 0 Å². The van der Waals surface area contributed by atoms with Gasteiger partial charge in [-0.15, -0.1) is 11.3 Å². The lowest BCUT2D eigenvalue weighted by Crippen LogP contribution is -2.27. The Hall–Kier alpha value is -0.910. The number of nitrogens with one attached hydrogen (secondary N) is 1. The van der Waals surface area contributed by atoms with Gasteiger partial charge in [0.05, 0.1) is 10.3 Å². The fourth-order valence-electron chi connectivity index (χ4n) is 2.26. The number of alkyl halides is 3. The summed E-state index contributed by atoms with van der Waals surface area (Å²) in [6, 6.07) is 4.14. The third-order valence-corrected chi connectivity index (χ3v) is 7.10. The van der Waals surface area contributed by atoms with Gasteiger partial charge in [-0.05, 0) is 47.0 Å². The molecule has 1 N–H and O–H groups in total. The molecule has 0 spiro atoms. The molecule has 24 heavy (non-hydrogen) atoms. The predicted molar refractivity (Wildman–Crippen MR) is 86.4 cm³/mol. The van der Waals surface area contributed by atoms with Gasteiger partial charge in [0.15, 0.2) is 5.69 Å². The summed E-state index contributed by atoms with van der Waals surface area (Å²) in [4.78, 5) is 0. The zero-order valence-corrected chi connectivity index (χ0v) is 15.4. The van der Waals surface area contributed by atoms with Crippen LogP contribution in [-0.4, -0.2) is 24.7 Å². The van der Waals surface area contributed by atoms with E-state index >= 15 is 0 Å². The fourth-order valence-corrected chi connectivity index (χ4v) is 5.33. The van der Waals surface area contributed by atoms with E-state index in [9.17, 15) is 21.6 Å². The predicted octanol–water partition coefficient (Wildman–Crippen LogP) is 3.58. The molecule has 0 atom stereocenters. The first-order valence-corrected chi connectivity index (χ1v) is 10.2. The zero-order chi connectivity index (χ0) is 17.5. The van der Waals surface area contributed by atoms with Crippen molar-refractivity contribution in [3.63, 3.8) is 0 Å². The Labute approximate surface area is 149 Å². The Kier molecular flexibility index (Phi) is 4.80. The van der Waals surface area contributed by atoms with Crippen LogP contribution in [0.1, 0.15) is 30.1 Å². The quantitative estimate of drug-likeness (QED) is 0.741. The van der Waals surface area contributed by atoms with Crippen molar-refractivity contribution in [1.29, 1.82) is 0 Å². The number of rotatable bonds is 6. The Balaban J connectivity index is 1.69. The highest BCUT2D eigenvalue weighted by Crippen LogP contribution is 2.42. The molecule has 1 aliphatic rings. The van der Waals surface area contributed by atoms with Crippen molar-refractivity contribution in [2.75, 3.05) is 6.54 Å². The lowest BCUT2D eigenvalue weighted by Gasteiger charge is -2.08. The molecule has 2 aromatic rings. The zero-order valence-electron chi connectivity index (χ0n) is 12.2. The normalized spacial score (nSPS) is 15.8. The number of sulfonamides is 1. The lowest BCUT2D eigenvalue weighted by molar-refractivity contribution is -0.141. The van der Waals surface area contributed by atoms with Crippen LogP contribution < -0.4 is 4.72 Å². The molecule has 1 fully saturated rings. The van der Waals surface area contributed by atoms with Gasteiger partial charge in [-0.1, -0.05) is 0 Å². The molecule has 0 saturated heterocycles. The smallest absolute Gasteiger partial charge is 0.267 e. The van der Waals surface area contributed by atoms with E-state index in [1.807, 2.05) is 0 Å². The molecule has 0 aromatic carbocycles. The van der Waals surface area contributed by atoms with Gasteiger partial charge in [0.25, 0.3) is 0 Å². The summed E-state index contributed by atoms with van der Waals surface area (Å²) < 4.78 is 67.1. The number of aromatic nitrogens is 2. The summed E-state index contributed by atoms with van der Waals surface area (Å²) in [5.41, 5.74) is -0.421. The van der Waals surface area contributed by atoms with Crippen LogP contribution in [0.5, 0.6) is 0 Å². The summed E-state index contributed by atoms with van der Waals surface area (Å²) in [5, 5.41) is 3.59. The van der Waals surface area contributed by atoms with Gasteiger partial charge in [0.2, 0.25) is 10.0 Å². The van der Waals surface area contributed by atoms with Gasteiger partial charge in [0, 0.05) is 18.2 Å². The van der Waals surface area contributed by atoms with E-state index in [2.05, 4.69) is 25.8 Å². The van der Waals surface area contributed by atoms with E-state index < -0.39 is 21.9 Å². The molecule has 0 radical (unpaired) electrons. The number of halogens is 4. The van der Waals surface area contributed by atoms with E-state index in [4.69, 9.17) is 0 Å². The number of hydrogen-bond acceptors (Lipinski definition) is 4. The minimum absolute atomic E-state index is 0.0312. The number of hydrogen-bond donors (Lipinski definition) is 1. The van der Waals surface area contributed by atoms with Gasteiger partial charge in [0.1, 0.15) is 4.21 Å². The Morgan fingerprint density at radius 2 is 2.08 bits per heavy atom. The van der Waals surface area contributed by atoms with Crippen LogP contribution in [0, 0.1) is 0 Å². The highest BCUT2D eigenvalue weighted by atomic mass is 79.9. The maximum Gasteiger partial charge on any atom is 0.435 e. The monoisotopic (exact) mass is 443 g/mol. The largest absolute Gasteiger partial charge is 0.435 e. The van der Waals surface area contributed by atoms with E-state index in [0.29, 0.717) is 9.48 Å². The summed E-state index contributed by atoms with van der Waals surface area (Å²) in [6.07, 6.45) is -2.84. The minimum atomic E-state index is -4.50. The third-order valence-electron chi connectivity index (χ3n) is 3.53. The van der Waals surface area contributed by atoms with Crippen LogP contribution in [0.3, 0.4) is 0 Å². The van der Waals surface area contributed by atoms with Gasteiger partial charge in [-0.2, -0.15) is 18.3 Å².